The zero-order valence-electron chi connectivity index (χ0n) is 7.79. The van der Waals surface area contributed by atoms with Crippen molar-refractivity contribution >= 4 is 0 Å². The standard InChI is InChI=1S/C11H17N/c1-3-5-8-11(4-2)12-9-6-7-10-12/h3-5,8H,1,6-7,9-10H2,2H3/b8-5-,11-4+. The zero-order chi connectivity index (χ0) is 8.81. The van der Waals surface area contributed by atoms with Crippen molar-refractivity contribution in [3.8, 4) is 0 Å². The fourth-order valence-corrected chi connectivity index (χ4v) is 1.53. The van der Waals surface area contributed by atoms with Crippen molar-refractivity contribution in [1.29, 1.82) is 0 Å². The molecule has 1 nitrogen and oxygen atoms in total. The molecule has 12 heavy (non-hydrogen) atoms. The van der Waals surface area contributed by atoms with Crippen LogP contribution < -0.4 is 0 Å². The maximum atomic E-state index is 3.66. The molecule has 1 saturated heterocycles. The van der Waals surface area contributed by atoms with Crippen molar-refractivity contribution in [2.45, 2.75) is 19.8 Å². The summed E-state index contributed by atoms with van der Waals surface area (Å²) in [6.45, 7) is 8.16. The van der Waals surface area contributed by atoms with Crippen molar-refractivity contribution in [1.82, 2.24) is 4.90 Å². The highest BCUT2D eigenvalue weighted by Crippen LogP contribution is 2.15. The third-order valence-corrected chi connectivity index (χ3v) is 2.17. The number of nitrogens with zero attached hydrogens (tertiary/aromatic N) is 1. The fourth-order valence-electron chi connectivity index (χ4n) is 1.53. The third kappa shape index (κ3) is 2.26. The molecule has 0 aromatic rings. The summed E-state index contributed by atoms with van der Waals surface area (Å²) in [4.78, 5) is 2.42. The smallest absolute Gasteiger partial charge is 0.0322 e. The second kappa shape index (κ2) is 4.81. The molecular weight excluding hydrogens is 146 g/mol. The number of rotatable bonds is 3. The lowest BCUT2D eigenvalue weighted by atomic mass is 10.3. The summed E-state index contributed by atoms with van der Waals surface area (Å²) in [7, 11) is 0. The lowest BCUT2D eigenvalue weighted by Gasteiger charge is -2.18. The van der Waals surface area contributed by atoms with Gasteiger partial charge in [0, 0.05) is 18.8 Å². The molecule has 0 aromatic carbocycles. The zero-order valence-corrected chi connectivity index (χ0v) is 7.79. The van der Waals surface area contributed by atoms with Crippen LogP contribution in [0.3, 0.4) is 0 Å². The molecule has 66 valence electrons. The Labute approximate surface area is 75.1 Å². The van der Waals surface area contributed by atoms with Crippen molar-refractivity contribution in [2.75, 3.05) is 13.1 Å². The number of allylic oxidation sites excluding steroid dienone is 4. The Bertz CT molecular complexity index is 195. The van der Waals surface area contributed by atoms with E-state index >= 15 is 0 Å². The minimum atomic E-state index is 1.21. The molecule has 1 aliphatic heterocycles. The summed E-state index contributed by atoms with van der Waals surface area (Å²) in [5, 5.41) is 0. The van der Waals surface area contributed by atoms with Crippen LogP contribution in [0.4, 0.5) is 0 Å². The van der Waals surface area contributed by atoms with E-state index in [1.54, 1.807) is 0 Å². The van der Waals surface area contributed by atoms with E-state index in [1.807, 2.05) is 12.2 Å². The predicted molar refractivity (Wildman–Crippen MR) is 53.9 cm³/mol. The molecule has 0 aromatic heterocycles. The minimum Gasteiger partial charge on any atom is -0.372 e. The van der Waals surface area contributed by atoms with Gasteiger partial charge in [0.15, 0.2) is 0 Å². The van der Waals surface area contributed by atoms with E-state index in [-0.39, 0.29) is 0 Å². The van der Waals surface area contributed by atoms with E-state index in [9.17, 15) is 0 Å². The summed E-state index contributed by atoms with van der Waals surface area (Å²) in [6, 6.07) is 0. The Hall–Kier alpha value is -0.980. The van der Waals surface area contributed by atoms with Gasteiger partial charge in [-0.25, -0.2) is 0 Å². The van der Waals surface area contributed by atoms with Gasteiger partial charge >= 0.3 is 0 Å². The number of likely N-dealkylation sites (tertiary alicyclic amines) is 1. The van der Waals surface area contributed by atoms with Gasteiger partial charge in [0.1, 0.15) is 0 Å². The average Bonchev–Trinajstić information content (AvgIpc) is 2.59. The molecule has 0 N–H and O–H groups in total. The van der Waals surface area contributed by atoms with Gasteiger partial charge in [0.2, 0.25) is 0 Å². The Kier molecular flexibility index (Phi) is 3.65. The van der Waals surface area contributed by atoms with E-state index in [1.165, 1.54) is 31.6 Å². The molecule has 1 heterocycles. The first kappa shape index (κ1) is 9.11. The largest absolute Gasteiger partial charge is 0.372 e. The maximum Gasteiger partial charge on any atom is 0.0322 e. The molecule has 0 spiro atoms. The number of hydrogen-bond acceptors (Lipinski definition) is 1. The second-order valence-corrected chi connectivity index (χ2v) is 3.00. The first-order valence-corrected chi connectivity index (χ1v) is 4.59. The molecule has 1 heteroatoms. The van der Waals surface area contributed by atoms with Gasteiger partial charge in [-0.2, -0.15) is 0 Å². The lowest BCUT2D eigenvalue weighted by molar-refractivity contribution is 0.439. The molecule has 0 aliphatic carbocycles. The lowest BCUT2D eigenvalue weighted by Crippen LogP contribution is -2.16. The summed E-state index contributed by atoms with van der Waals surface area (Å²) in [5.41, 5.74) is 1.33. The van der Waals surface area contributed by atoms with E-state index < -0.39 is 0 Å². The van der Waals surface area contributed by atoms with Gasteiger partial charge in [-0.05, 0) is 25.8 Å². The highest BCUT2D eigenvalue weighted by Gasteiger charge is 2.11. The van der Waals surface area contributed by atoms with E-state index in [4.69, 9.17) is 0 Å². The first-order valence-electron chi connectivity index (χ1n) is 4.59. The van der Waals surface area contributed by atoms with Crippen LogP contribution in [0.1, 0.15) is 19.8 Å². The maximum absolute atomic E-state index is 3.66. The molecule has 1 aliphatic rings. The van der Waals surface area contributed by atoms with Crippen LogP contribution in [0.25, 0.3) is 0 Å². The van der Waals surface area contributed by atoms with E-state index in [0.717, 1.165) is 0 Å². The van der Waals surface area contributed by atoms with Crippen LogP contribution in [0.2, 0.25) is 0 Å². The van der Waals surface area contributed by atoms with Gasteiger partial charge in [-0.15, -0.1) is 0 Å². The Morgan fingerprint density at radius 1 is 1.33 bits per heavy atom. The predicted octanol–water partition coefficient (Wildman–Crippen LogP) is 2.73. The summed E-state index contributed by atoms with van der Waals surface area (Å²) in [5.74, 6) is 0. The Morgan fingerprint density at radius 3 is 2.50 bits per heavy atom. The molecule has 0 radical (unpaired) electrons. The molecular formula is C11H17N. The molecule has 0 atom stereocenters. The monoisotopic (exact) mass is 163 g/mol. The van der Waals surface area contributed by atoms with Gasteiger partial charge in [-0.3, -0.25) is 0 Å². The molecule has 0 bridgehead atoms. The molecule has 0 amide bonds. The molecule has 0 unspecified atom stereocenters. The van der Waals surface area contributed by atoms with Gasteiger partial charge in [-0.1, -0.05) is 24.8 Å². The second-order valence-electron chi connectivity index (χ2n) is 3.00. The third-order valence-electron chi connectivity index (χ3n) is 2.17. The van der Waals surface area contributed by atoms with Gasteiger partial charge in [0.25, 0.3) is 0 Å². The Morgan fingerprint density at radius 2 is 2.00 bits per heavy atom. The summed E-state index contributed by atoms with van der Waals surface area (Å²) < 4.78 is 0. The van der Waals surface area contributed by atoms with Crippen LogP contribution in [0.5, 0.6) is 0 Å². The van der Waals surface area contributed by atoms with Crippen molar-refractivity contribution in [3.05, 3.63) is 36.6 Å². The fraction of sp³-hybridized carbons (Fsp3) is 0.455. The topological polar surface area (TPSA) is 3.24 Å². The van der Waals surface area contributed by atoms with E-state index in [0.29, 0.717) is 0 Å². The average molecular weight is 163 g/mol. The molecule has 1 rings (SSSR count). The minimum absolute atomic E-state index is 1.21. The Balaban J connectivity index is 2.55. The van der Waals surface area contributed by atoms with Gasteiger partial charge in [0.05, 0.1) is 0 Å². The van der Waals surface area contributed by atoms with Crippen molar-refractivity contribution in [2.24, 2.45) is 0 Å². The normalized spacial score (nSPS) is 19.1. The molecule has 1 fully saturated rings. The van der Waals surface area contributed by atoms with Crippen LogP contribution in [-0.4, -0.2) is 18.0 Å². The van der Waals surface area contributed by atoms with Gasteiger partial charge < -0.3 is 4.90 Å². The first-order chi connectivity index (χ1) is 5.88. The van der Waals surface area contributed by atoms with E-state index in [2.05, 4.69) is 30.6 Å². The van der Waals surface area contributed by atoms with Crippen LogP contribution in [0.15, 0.2) is 36.6 Å². The quantitative estimate of drug-likeness (QED) is 0.578. The van der Waals surface area contributed by atoms with Crippen LogP contribution in [0, 0.1) is 0 Å². The van der Waals surface area contributed by atoms with Crippen LogP contribution >= 0.6 is 0 Å². The highest BCUT2D eigenvalue weighted by atomic mass is 15.1. The molecule has 0 saturated carbocycles. The van der Waals surface area contributed by atoms with Crippen molar-refractivity contribution in [3.63, 3.8) is 0 Å². The summed E-state index contributed by atoms with van der Waals surface area (Å²) >= 11 is 0. The summed E-state index contributed by atoms with van der Waals surface area (Å²) in [6.07, 6.45) is 10.8. The van der Waals surface area contributed by atoms with Crippen molar-refractivity contribution < 1.29 is 0 Å². The number of hydrogen-bond donors (Lipinski definition) is 0. The SMILES string of the molecule is C=C/C=C\C(=C/C)N1CCCC1. The van der Waals surface area contributed by atoms with Crippen LogP contribution in [-0.2, 0) is 0 Å². The highest BCUT2D eigenvalue weighted by molar-refractivity contribution is 5.20.